The highest BCUT2D eigenvalue weighted by Crippen LogP contribution is 2.31. The average molecular weight is 515 g/mol. The minimum absolute atomic E-state index is 0.00565. The summed E-state index contributed by atoms with van der Waals surface area (Å²) in [6.07, 6.45) is 1.22. The van der Waals surface area contributed by atoms with Crippen LogP contribution in [0.5, 0.6) is 5.75 Å². The highest BCUT2D eigenvalue weighted by Gasteiger charge is 2.32. The number of ether oxygens (including phenoxy) is 1. The third-order valence-electron chi connectivity index (χ3n) is 6.92. The van der Waals surface area contributed by atoms with Crippen molar-refractivity contribution in [2.24, 2.45) is 0 Å². The van der Waals surface area contributed by atoms with Gasteiger partial charge >= 0.3 is 0 Å². The standard InChI is InChI=1S/C33H42N2O3/c1-7-25(3)34-32(37)29(21-26-16-9-8-10-17-26)35(22-27-18-12-11-15-24(27)2)31(36)23-38-30-20-14-13-19-28(30)33(4,5)6/h8-20,25,29H,7,21-23H2,1-6H3,(H,34,37)/t25-,29-/m0/s1. The van der Waals surface area contributed by atoms with E-state index in [2.05, 4.69) is 26.1 Å². The molecule has 0 aromatic heterocycles. The summed E-state index contributed by atoms with van der Waals surface area (Å²) in [5, 5.41) is 3.11. The van der Waals surface area contributed by atoms with Crippen molar-refractivity contribution in [2.75, 3.05) is 6.61 Å². The Morgan fingerprint density at radius 1 is 0.921 bits per heavy atom. The van der Waals surface area contributed by atoms with Gasteiger partial charge in [0, 0.05) is 19.0 Å². The Morgan fingerprint density at radius 3 is 2.21 bits per heavy atom. The van der Waals surface area contributed by atoms with Crippen molar-refractivity contribution in [1.82, 2.24) is 10.2 Å². The molecular formula is C33H42N2O3. The maximum absolute atomic E-state index is 13.9. The van der Waals surface area contributed by atoms with Crippen LogP contribution in [0.1, 0.15) is 63.3 Å². The van der Waals surface area contributed by atoms with E-state index in [1.807, 2.05) is 99.6 Å². The predicted octanol–water partition coefficient (Wildman–Crippen LogP) is 6.23. The molecule has 0 saturated carbocycles. The van der Waals surface area contributed by atoms with E-state index < -0.39 is 6.04 Å². The number of nitrogens with zero attached hydrogens (tertiary/aromatic N) is 1. The minimum atomic E-state index is -0.681. The molecule has 3 aromatic rings. The molecular weight excluding hydrogens is 472 g/mol. The molecule has 0 fully saturated rings. The second kappa shape index (κ2) is 13.3. The molecule has 0 saturated heterocycles. The first kappa shape index (κ1) is 29.0. The summed E-state index contributed by atoms with van der Waals surface area (Å²) in [5.41, 5.74) is 3.98. The number of hydrogen-bond donors (Lipinski definition) is 1. The molecule has 2 amide bonds. The normalized spacial score (nSPS) is 12.9. The van der Waals surface area contributed by atoms with E-state index >= 15 is 0 Å². The molecule has 38 heavy (non-hydrogen) atoms. The van der Waals surface area contributed by atoms with Crippen LogP contribution in [-0.4, -0.2) is 35.4 Å². The zero-order valence-electron chi connectivity index (χ0n) is 23.7. The lowest BCUT2D eigenvalue weighted by Gasteiger charge is -2.33. The first-order chi connectivity index (χ1) is 18.1. The summed E-state index contributed by atoms with van der Waals surface area (Å²) in [6.45, 7) is 12.6. The lowest BCUT2D eigenvalue weighted by atomic mass is 9.86. The van der Waals surface area contributed by atoms with Gasteiger partial charge in [0.1, 0.15) is 11.8 Å². The number of para-hydroxylation sites is 1. The highest BCUT2D eigenvalue weighted by molar-refractivity contribution is 5.88. The van der Waals surface area contributed by atoms with Crippen molar-refractivity contribution in [3.63, 3.8) is 0 Å². The second-order valence-corrected chi connectivity index (χ2v) is 11.0. The number of nitrogens with one attached hydrogen (secondary N) is 1. The quantitative estimate of drug-likeness (QED) is 0.330. The molecule has 0 heterocycles. The van der Waals surface area contributed by atoms with Gasteiger partial charge in [0.05, 0.1) is 0 Å². The molecule has 0 aliphatic heterocycles. The fourth-order valence-electron chi connectivity index (χ4n) is 4.40. The molecule has 5 nitrogen and oxygen atoms in total. The summed E-state index contributed by atoms with van der Waals surface area (Å²) >= 11 is 0. The van der Waals surface area contributed by atoms with Gasteiger partial charge in [-0.3, -0.25) is 9.59 Å². The SMILES string of the molecule is CC[C@H](C)NC(=O)[C@H](Cc1ccccc1)N(Cc1ccccc1C)C(=O)COc1ccccc1C(C)(C)C. The molecule has 0 radical (unpaired) electrons. The smallest absolute Gasteiger partial charge is 0.261 e. The molecule has 0 bridgehead atoms. The molecule has 1 N–H and O–H groups in total. The van der Waals surface area contributed by atoms with Crippen LogP contribution in [0.3, 0.4) is 0 Å². The molecule has 202 valence electrons. The van der Waals surface area contributed by atoms with Gasteiger partial charge in [-0.15, -0.1) is 0 Å². The summed E-state index contributed by atoms with van der Waals surface area (Å²) < 4.78 is 6.13. The Balaban J connectivity index is 1.96. The number of amides is 2. The van der Waals surface area contributed by atoms with E-state index in [9.17, 15) is 9.59 Å². The van der Waals surface area contributed by atoms with E-state index in [-0.39, 0.29) is 29.9 Å². The Kier molecular flexibility index (Phi) is 10.1. The van der Waals surface area contributed by atoms with Crippen LogP contribution in [0, 0.1) is 6.92 Å². The fraction of sp³-hybridized carbons (Fsp3) is 0.394. The fourth-order valence-corrected chi connectivity index (χ4v) is 4.40. The van der Waals surface area contributed by atoms with Gasteiger partial charge in [0.15, 0.2) is 6.61 Å². The van der Waals surface area contributed by atoms with Crippen LogP contribution in [0.4, 0.5) is 0 Å². The second-order valence-electron chi connectivity index (χ2n) is 11.0. The van der Waals surface area contributed by atoms with Crippen LogP contribution < -0.4 is 10.1 Å². The number of hydrogen-bond acceptors (Lipinski definition) is 3. The maximum Gasteiger partial charge on any atom is 0.261 e. The van der Waals surface area contributed by atoms with Gasteiger partial charge in [-0.1, -0.05) is 100 Å². The molecule has 0 unspecified atom stereocenters. The van der Waals surface area contributed by atoms with Gasteiger partial charge in [-0.25, -0.2) is 0 Å². The van der Waals surface area contributed by atoms with Crippen molar-refractivity contribution in [3.8, 4) is 5.75 Å². The Bertz CT molecular complexity index is 1200. The number of aryl methyl sites for hydroxylation is 1. The van der Waals surface area contributed by atoms with Gasteiger partial charge in [-0.05, 0) is 54.0 Å². The Labute approximate surface area is 228 Å². The summed E-state index contributed by atoms with van der Waals surface area (Å²) in [5.74, 6) is 0.310. The molecule has 5 heteroatoms. The molecule has 2 atom stereocenters. The van der Waals surface area contributed by atoms with Crippen LogP contribution in [0.25, 0.3) is 0 Å². The van der Waals surface area contributed by atoms with Crippen molar-refractivity contribution in [1.29, 1.82) is 0 Å². The van der Waals surface area contributed by atoms with E-state index in [4.69, 9.17) is 4.74 Å². The van der Waals surface area contributed by atoms with Crippen molar-refractivity contribution < 1.29 is 14.3 Å². The molecule has 3 rings (SSSR count). The van der Waals surface area contributed by atoms with Gasteiger partial charge in [0.25, 0.3) is 5.91 Å². The predicted molar refractivity (Wildman–Crippen MR) is 154 cm³/mol. The molecule has 0 aliphatic carbocycles. The topological polar surface area (TPSA) is 58.6 Å². The first-order valence-electron chi connectivity index (χ1n) is 13.5. The lowest BCUT2D eigenvalue weighted by Crippen LogP contribution is -2.53. The van der Waals surface area contributed by atoms with Crippen molar-refractivity contribution in [3.05, 3.63) is 101 Å². The zero-order valence-corrected chi connectivity index (χ0v) is 23.7. The summed E-state index contributed by atoms with van der Waals surface area (Å²) in [6, 6.07) is 25.0. The number of carbonyl (C=O) groups excluding carboxylic acids is 2. The van der Waals surface area contributed by atoms with Crippen molar-refractivity contribution >= 4 is 11.8 Å². The number of carbonyl (C=O) groups is 2. The molecule has 3 aromatic carbocycles. The summed E-state index contributed by atoms with van der Waals surface area (Å²) in [7, 11) is 0. The van der Waals surface area contributed by atoms with Crippen LogP contribution in [0.15, 0.2) is 78.9 Å². The average Bonchev–Trinajstić information content (AvgIpc) is 2.90. The van der Waals surface area contributed by atoms with Gasteiger partial charge < -0.3 is 15.0 Å². The van der Waals surface area contributed by atoms with Crippen molar-refractivity contribution in [2.45, 2.75) is 78.4 Å². The van der Waals surface area contributed by atoms with Crippen LogP contribution in [-0.2, 0) is 28.0 Å². The van der Waals surface area contributed by atoms with E-state index in [1.165, 1.54) is 0 Å². The first-order valence-corrected chi connectivity index (χ1v) is 13.5. The Hall–Kier alpha value is -3.60. The molecule has 0 spiro atoms. The van der Waals surface area contributed by atoms with Crippen LogP contribution in [0.2, 0.25) is 0 Å². The monoisotopic (exact) mass is 514 g/mol. The number of rotatable bonds is 11. The zero-order chi connectivity index (χ0) is 27.7. The Morgan fingerprint density at radius 2 is 1.55 bits per heavy atom. The van der Waals surface area contributed by atoms with E-state index in [0.29, 0.717) is 18.7 Å². The third-order valence-corrected chi connectivity index (χ3v) is 6.92. The van der Waals surface area contributed by atoms with Gasteiger partial charge in [-0.2, -0.15) is 0 Å². The highest BCUT2D eigenvalue weighted by atomic mass is 16.5. The summed E-state index contributed by atoms with van der Waals surface area (Å²) in [4.78, 5) is 29.2. The minimum Gasteiger partial charge on any atom is -0.483 e. The molecule has 0 aliphatic rings. The third kappa shape index (κ3) is 7.95. The van der Waals surface area contributed by atoms with Crippen LogP contribution >= 0.6 is 0 Å². The van der Waals surface area contributed by atoms with Gasteiger partial charge in [0.2, 0.25) is 5.91 Å². The number of benzene rings is 3. The maximum atomic E-state index is 13.9. The lowest BCUT2D eigenvalue weighted by molar-refractivity contribution is -0.143. The van der Waals surface area contributed by atoms with E-state index in [0.717, 1.165) is 28.7 Å². The largest absolute Gasteiger partial charge is 0.483 e. The van der Waals surface area contributed by atoms with E-state index in [1.54, 1.807) is 4.90 Å².